The molecule has 11 nitrogen and oxygen atoms in total. The molecule has 236 valence electrons. The highest BCUT2D eigenvalue weighted by Crippen LogP contribution is 2.40. The van der Waals surface area contributed by atoms with Crippen molar-refractivity contribution < 1.29 is 28.6 Å². The molecule has 2 aromatic carbocycles. The van der Waals surface area contributed by atoms with E-state index in [0.717, 1.165) is 35.3 Å². The lowest BCUT2D eigenvalue weighted by Crippen LogP contribution is -2.26. The number of thiophene rings is 1. The highest BCUT2D eigenvalue weighted by Gasteiger charge is 2.30. The van der Waals surface area contributed by atoms with Crippen molar-refractivity contribution in [3.8, 4) is 11.5 Å². The van der Waals surface area contributed by atoms with Crippen molar-refractivity contribution in [3.63, 3.8) is 0 Å². The molecular weight excluding hydrogens is 615 g/mol. The van der Waals surface area contributed by atoms with Crippen LogP contribution in [0.4, 0.5) is 5.00 Å². The number of fused-ring (bicyclic) bond motifs is 1. The molecule has 0 fully saturated rings. The molecule has 1 aliphatic rings. The number of hydrogen-bond acceptors (Lipinski definition) is 10. The smallest absolute Gasteiger partial charge is 0.341 e. The summed E-state index contributed by atoms with van der Waals surface area (Å²) in [6.07, 6.45) is 2.68. The predicted molar refractivity (Wildman–Crippen MR) is 173 cm³/mol. The molecule has 13 heteroatoms. The van der Waals surface area contributed by atoms with E-state index in [1.54, 1.807) is 32.0 Å². The van der Waals surface area contributed by atoms with Crippen LogP contribution in [0.3, 0.4) is 0 Å². The maximum atomic E-state index is 13.4. The quantitative estimate of drug-likeness (QED) is 0.150. The first-order valence-corrected chi connectivity index (χ1v) is 16.3. The van der Waals surface area contributed by atoms with E-state index in [2.05, 4.69) is 20.8 Å². The van der Waals surface area contributed by atoms with Crippen LogP contribution in [0.2, 0.25) is 0 Å². The van der Waals surface area contributed by atoms with Gasteiger partial charge in [-0.3, -0.25) is 9.59 Å². The van der Waals surface area contributed by atoms with E-state index in [9.17, 15) is 14.4 Å². The lowest BCUT2D eigenvalue weighted by molar-refractivity contribution is -0.115. The van der Waals surface area contributed by atoms with Crippen LogP contribution >= 0.6 is 23.1 Å². The molecule has 2 heterocycles. The van der Waals surface area contributed by atoms with E-state index in [4.69, 9.17) is 14.2 Å². The molecule has 0 unspecified atom stereocenters. The Morgan fingerprint density at radius 3 is 2.47 bits per heavy atom. The van der Waals surface area contributed by atoms with Crippen molar-refractivity contribution in [2.45, 2.75) is 56.6 Å². The second-order valence-electron chi connectivity index (χ2n) is 10.3. The lowest BCUT2D eigenvalue weighted by atomic mass is 10.1. The van der Waals surface area contributed by atoms with Gasteiger partial charge in [0, 0.05) is 16.5 Å². The summed E-state index contributed by atoms with van der Waals surface area (Å²) in [5.74, 6) is 0.523. The summed E-state index contributed by atoms with van der Waals surface area (Å²) in [5, 5.41) is 15.1. The van der Waals surface area contributed by atoms with E-state index < -0.39 is 11.2 Å². The summed E-state index contributed by atoms with van der Waals surface area (Å²) in [6, 6.07) is 14.8. The molecule has 0 aliphatic heterocycles. The van der Waals surface area contributed by atoms with Gasteiger partial charge in [0.2, 0.25) is 5.91 Å². The Hall–Kier alpha value is -4.36. The maximum absolute atomic E-state index is 13.4. The zero-order valence-electron chi connectivity index (χ0n) is 25.5. The van der Waals surface area contributed by atoms with Crippen LogP contribution in [0.1, 0.15) is 62.8 Å². The molecule has 2 N–H and O–H groups in total. The van der Waals surface area contributed by atoms with Crippen molar-refractivity contribution in [2.75, 3.05) is 26.1 Å². The van der Waals surface area contributed by atoms with Crippen LogP contribution in [0, 0.1) is 0 Å². The fourth-order valence-electron chi connectivity index (χ4n) is 5.00. The summed E-state index contributed by atoms with van der Waals surface area (Å²) in [4.78, 5) is 40.4. The average molecular weight is 650 g/mol. The molecule has 0 saturated carbocycles. The van der Waals surface area contributed by atoms with Gasteiger partial charge >= 0.3 is 5.97 Å². The van der Waals surface area contributed by atoms with Gasteiger partial charge in [-0.15, -0.1) is 21.5 Å². The third-order valence-corrected chi connectivity index (χ3v) is 9.57. The predicted octanol–water partition coefficient (Wildman–Crippen LogP) is 5.12. The number of carbonyl (C=O) groups excluding carboxylic acids is 3. The number of nitrogens with one attached hydrogen (secondary N) is 2. The van der Waals surface area contributed by atoms with E-state index in [1.165, 1.54) is 37.3 Å². The van der Waals surface area contributed by atoms with Gasteiger partial charge in [-0.05, 0) is 56.4 Å². The molecule has 0 bridgehead atoms. The first-order chi connectivity index (χ1) is 21.8. The number of hydrogen-bond donors (Lipinski definition) is 2. The van der Waals surface area contributed by atoms with Crippen molar-refractivity contribution in [1.29, 1.82) is 0 Å². The number of anilines is 1. The molecule has 0 spiro atoms. The van der Waals surface area contributed by atoms with Crippen LogP contribution in [-0.2, 0) is 35.5 Å². The highest BCUT2D eigenvalue weighted by atomic mass is 32.2. The van der Waals surface area contributed by atoms with Crippen molar-refractivity contribution in [3.05, 3.63) is 81.5 Å². The van der Waals surface area contributed by atoms with Gasteiger partial charge < -0.3 is 29.4 Å². The number of esters is 1. The summed E-state index contributed by atoms with van der Waals surface area (Å²) in [7, 11) is 3.05. The monoisotopic (exact) mass is 649 g/mol. The van der Waals surface area contributed by atoms with Crippen LogP contribution < -0.4 is 20.1 Å². The van der Waals surface area contributed by atoms with Gasteiger partial charge in [0.05, 0.1) is 44.7 Å². The van der Waals surface area contributed by atoms with Gasteiger partial charge in [0.25, 0.3) is 5.91 Å². The van der Waals surface area contributed by atoms with Gasteiger partial charge in [0.15, 0.2) is 11.0 Å². The van der Waals surface area contributed by atoms with Gasteiger partial charge in [0.1, 0.15) is 16.5 Å². The van der Waals surface area contributed by atoms with E-state index in [0.29, 0.717) is 45.2 Å². The Morgan fingerprint density at radius 1 is 1.04 bits per heavy atom. The standard InChI is InChI=1S/C32H35N5O6S2/c1-5-43-31(40)27-24-12-9-13-25(24)45-30(27)34-28(38)19(2)44-32-36-35-26(37(32)18-20-10-7-6-8-11-20)17-33-29(39)21-14-22(41-3)16-23(15-21)42-4/h6-8,10-11,14-16,19H,5,9,12-13,17-18H2,1-4H3,(H,33,39)(H,34,38)/t19-/m0/s1. The fourth-order valence-corrected chi connectivity index (χ4v) is 7.15. The lowest BCUT2D eigenvalue weighted by Gasteiger charge is -2.15. The Labute approximate surface area is 269 Å². The second kappa shape index (κ2) is 14.6. The Kier molecular flexibility index (Phi) is 10.4. The van der Waals surface area contributed by atoms with E-state index >= 15 is 0 Å². The summed E-state index contributed by atoms with van der Waals surface area (Å²) >= 11 is 2.70. The third-order valence-electron chi connectivity index (χ3n) is 7.29. The van der Waals surface area contributed by atoms with E-state index in [1.807, 2.05) is 34.9 Å². The molecule has 45 heavy (non-hydrogen) atoms. The number of carbonyl (C=O) groups is 3. The highest BCUT2D eigenvalue weighted by molar-refractivity contribution is 8.00. The zero-order valence-corrected chi connectivity index (χ0v) is 27.2. The summed E-state index contributed by atoms with van der Waals surface area (Å²) < 4.78 is 17.8. The minimum absolute atomic E-state index is 0.100. The molecule has 2 aromatic heterocycles. The number of ether oxygens (including phenoxy) is 3. The second-order valence-corrected chi connectivity index (χ2v) is 12.7. The number of amides is 2. The van der Waals surface area contributed by atoms with Crippen LogP contribution in [0.15, 0.2) is 53.7 Å². The normalized spacial score (nSPS) is 12.7. The molecule has 5 rings (SSSR count). The van der Waals surface area contributed by atoms with Gasteiger partial charge in [-0.2, -0.15) is 0 Å². The topological polar surface area (TPSA) is 134 Å². The minimum Gasteiger partial charge on any atom is -0.497 e. The van der Waals surface area contributed by atoms with Crippen molar-refractivity contribution >= 4 is 45.9 Å². The SMILES string of the molecule is CCOC(=O)c1c(NC(=O)[C@H](C)Sc2nnc(CNC(=O)c3cc(OC)cc(OC)c3)n2Cc2ccccc2)sc2c1CCC2. The molecule has 0 saturated heterocycles. The first kappa shape index (κ1) is 32.0. The van der Waals surface area contributed by atoms with Crippen LogP contribution in [-0.4, -0.2) is 58.6 Å². The first-order valence-electron chi connectivity index (χ1n) is 14.6. The number of aryl methyl sites for hydroxylation is 1. The Balaban J connectivity index is 1.33. The zero-order chi connectivity index (χ0) is 31.9. The largest absolute Gasteiger partial charge is 0.497 e. The molecule has 2 amide bonds. The Morgan fingerprint density at radius 2 is 1.78 bits per heavy atom. The molecule has 0 radical (unpaired) electrons. The maximum Gasteiger partial charge on any atom is 0.341 e. The summed E-state index contributed by atoms with van der Waals surface area (Å²) in [6.45, 7) is 4.35. The fraction of sp³-hybridized carbons (Fsp3) is 0.344. The van der Waals surface area contributed by atoms with Crippen LogP contribution in [0.5, 0.6) is 11.5 Å². The molecule has 1 atom stereocenters. The van der Waals surface area contributed by atoms with Crippen LogP contribution in [0.25, 0.3) is 0 Å². The molecule has 4 aromatic rings. The van der Waals surface area contributed by atoms with Crippen molar-refractivity contribution in [2.24, 2.45) is 0 Å². The number of aromatic nitrogens is 3. The number of rotatable bonds is 13. The van der Waals surface area contributed by atoms with Gasteiger partial charge in [-0.25, -0.2) is 4.79 Å². The minimum atomic E-state index is -0.567. The van der Waals surface area contributed by atoms with Gasteiger partial charge in [-0.1, -0.05) is 42.1 Å². The van der Waals surface area contributed by atoms with E-state index in [-0.39, 0.29) is 25.0 Å². The number of methoxy groups -OCH3 is 2. The van der Waals surface area contributed by atoms with Crippen molar-refractivity contribution in [1.82, 2.24) is 20.1 Å². The average Bonchev–Trinajstić information content (AvgIpc) is 3.75. The Bertz CT molecular complexity index is 1660. The number of benzene rings is 2. The number of nitrogens with zero attached hydrogens (tertiary/aromatic N) is 3. The summed E-state index contributed by atoms with van der Waals surface area (Å²) in [5.41, 5.74) is 2.84. The molecule has 1 aliphatic carbocycles. The molecular formula is C32H35N5O6S2. The number of thioether (sulfide) groups is 1. The third kappa shape index (κ3) is 7.48.